The summed E-state index contributed by atoms with van der Waals surface area (Å²) in [6, 6.07) is 10.3. The molecule has 0 radical (unpaired) electrons. The second-order valence-electron chi connectivity index (χ2n) is 5.83. The minimum atomic E-state index is -1.61. The molecule has 0 N–H and O–H groups in total. The van der Waals surface area contributed by atoms with Gasteiger partial charge in [-0.3, -0.25) is 0 Å². The average Bonchev–Trinajstić information content (AvgIpc) is 2.91. The summed E-state index contributed by atoms with van der Waals surface area (Å²) in [7, 11) is 0. The van der Waals surface area contributed by atoms with Crippen molar-refractivity contribution < 1.29 is 4.84 Å². The Hall–Kier alpha value is -1.28. The number of fused-ring (bicyclic) bond motifs is 1. The van der Waals surface area contributed by atoms with Crippen LogP contribution in [0, 0.1) is 5.41 Å². The van der Waals surface area contributed by atoms with Gasteiger partial charge in [-0.2, -0.15) is 0 Å². The first-order chi connectivity index (χ1) is 8.98. The van der Waals surface area contributed by atoms with Crippen LogP contribution in [0.5, 0.6) is 0 Å². The molecule has 0 saturated carbocycles. The van der Waals surface area contributed by atoms with E-state index in [9.17, 15) is 0 Å². The molecule has 2 heterocycles. The van der Waals surface area contributed by atoms with Gasteiger partial charge < -0.3 is 0 Å². The predicted molar refractivity (Wildman–Crippen MR) is 79.5 cm³/mol. The number of nitrogens with zero attached hydrogens (tertiary/aromatic N) is 3. The number of para-hydroxylation sites is 1. The maximum atomic E-state index is 5.66. The molecule has 0 aliphatic carbocycles. The Kier molecular flexibility index (Phi) is 2.93. The molecule has 19 heavy (non-hydrogen) atoms. The zero-order valence-electron chi connectivity index (χ0n) is 11.7. The van der Waals surface area contributed by atoms with Crippen LogP contribution in [0.1, 0.15) is 27.7 Å². The van der Waals surface area contributed by atoms with Crippen molar-refractivity contribution in [3.05, 3.63) is 30.3 Å². The van der Waals surface area contributed by atoms with Gasteiger partial charge in [-0.05, 0) is 0 Å². The molecule has 2 atom stereocenters. The first-order valence-corrected chi connectivity index (χ1v) is 9.28. The zero-order valence-corrected chi connectivity index (χ0v) is 13.5. The van der Waals surface area contributed by atoms with Crippen molar-refractivity contribution in [1.82, 2.24) is 0 Å². The standard InChI is InChI=1S/C14H18AsN3O/c1-10-12-15(13(17-19-12)14(2,3)4)18(16-10)11-8-6-5-7-9-11/h5-9,12H,1-4H3. The number of anilines is 1. The van der Waals surface area contributed by atoms with Crippen molar-refractivity contribution >= 4 is 30.8 Å². The molecule has 0 saturated heterocycles. The van der Waals surface area contributed by atoms with Gasteiger partial charge in [-0.25, -0.2) is 0 Å². The number of rotatable bonds is 1. The van der Waals surface area contributed by atoms with E-state index in [1.807, 2.05) is 25.1 Å². The van der Waals surface area contributed by atoms with Crippen molar-refractivity contribution in [3.8, 4) is 0 Å². The molecule has 2 aliphatic heterocycles. The molecule has 4 nitrogen and oxygen atoms in total. The molecule has 5 heteroatoms. The van der Waals surface area contributed by atoms with Crippen LogP contribution in [0.2, 0.25) is 0 Å². The average molecular weight is 319 g/mol. The van der Waals surface area contributed by atoms with E-state index in [1.165, 1.54) is 4.50 Å². The van der Waals surface area contributed by atoms with Crippen LogP contribution in [0.25, 0.3) is 0 Å². The molecule has 1 aromatic rings. The Bertz CT molecular complexity index is 548. The molecule has 0 aromatic heterocycles. The monoisotopic (exact) mass is 319 g/mol. The summed E-state index contributed by atoms with van der Waals surface area (Å²) in [4.78, 5) is 5.76. The van der Waals surface area contributed by atoms with E-state index >= 15 is 0 Å². The summed E-state index contributed by atoms with van der Waals surface area (Å²) in [5.41, 5.74) is 2.24. The molecule has 2 aliphatic rings. The number of benzene rings is 1. The second kappa shape index (κ2) is 4.38. The molecule has 3 rings (SSSR count). The fourth-order valence-electron chi connectivity index (χ4n) is 2.21. The van der Waals surface area contributed by atoms with E-state index in [-0.39, 0.29) is 10.3 Å². The Balaban J connectivity index is 2.00. The van der Waals surface area contributed by atoms with E-state index in [0.29, 0.717) is 0 Å². The van der Waals surface area contributed by atoms with Gasteiger partial charge in [0.15, 0.2) is 0 Å². The molecule has 2 unspecified atom stereocenters. The molecule has 0 spiro atoms. The first kappa shape index (κ1) is 12.7. The van der Waals surface area contributed by atoms with Crippen LogP contribution in [-0.2, 0) is 4.84 Å². The van der Waals surface area contributed by atoms with Gasteiger partial charge in [0.1, 0.15) is 0 Å². The Morgan fingerprint density at radius 1 is 1.21 bits per heavy atom. The third-order valence-electron chi connectivity index (χ3n) is 3.15. The summed E-state index contributed by atoms with van der Waals surface area (Å²) in [5.74, 6) is 0. The summed E-state index contributed by atoms with van der Waals surface area (Å²) >= 11 is -1.61. The predicted octanol–water partition coefficient (Wildman–Crippen LogP) is 2.75. The van der Waals surface area contributed by atoms with E-state index in [4.69, 9.17) is 9.94 Å². The molecular weight excluding hydrogens is 301 g/mol. The number of hydrogen-bond acceptors (Lipinski definition) is 4. The topological polar surface area (TPSA) is 37.2 Å². The third kappa shape index (κ3) is 2.08. The van der Waals surface area contributed by atoms with Crippen molar-refractivity contribution in [2.24, 2.45) is 15.7 Å². The molecular formula is C14H18AsN3O. The second-order valence-corrected chi connectivity index (χ2v) is 9.95. The van der Waals surface area contributed by atoms with Crippen molar-refractivity contribution in [2.45, 2.75) is 32.6 Å². The summed E-state index contributed by atoms with van der Waals surface area (Å²) in [6.07, 6.45) is 0. The maximum absolute atomic E-state index is 5.66. The first-order valence-electron chi connectivity index (χ1n) is 6.42. The minimum absolute atomic E-state index is 0.0436. The Morgan fingerprint density at radius 3 is 2.53 bits per heavy atom. The van der Waals surface area contributed by atoms with E-state index in [2.05, 4.69) is 42.0 Å². The van der Waals surface area contributed by atoms with Gasteiger partial charge in [0.05, 0.1) is 0 Å². The van der Waals surface area contributed by atoms with Crippen LogP contribution >= 0.6 is 0 Å². The van der Waals surface area contributed by atoms with Gasteiger partial charge in [0.25, 0.3) is 0 Å². The molecule has 0 bridgehead atoms. The fraction of sp³-hybridized carbons (Fsp3) is 0.429. The summed E-state index contributed by atoms with van der Waals surface area (Å²) in [5, 5.41) is 9.09. The number of oxime groups is 1. The Morgan fingerprint density at radius 2 is 1.89 bits per heavy atom. The fourth-order valence-corrected chi connectivity index (χ4v) is 7.62. The zero-order chi connectivity index (χ0) is 13.6. The van der Waals surface area contributed by atoms with E-state index in [0.717, 1.165) is 11.4 Å². The van der Waals surface area contributed by atoms with E-state index in [1.54, 1.807) is 0 Å². The van der Waals surface area contributed by atoms with Crippen molar-refractivity contribution in [3.63, 3.8) is 0 Å². The van der Waals surface area contributed by atoms with Crippen LogP contribution in [-0.4, -0.2) is 30.0 Å². The normalized spacial score (nSPS) is 25.8. The molecule has 0 fully saturated rings. The van der Waals surface area contributed by atoms with Crippen molar-refractivity contribution in [2.75, 3.05) is 3.93 Å². The van der Waals surface area contributed by atoms with Crippen molar-refractivity contribution in [1.29, 1.82) is 0 Å². The summed E-state index contributed by atoms with van der Waals surface area (Å²) in [6.45, 7) is 8.63. The van der Waals surface area contributed by atoms with Gasteiger partial charge in [-0.15, -0.1) is 0 Å². The van der Waals surface area contributed by atoms with Crippen LogP contribution < -0.4 is 3.93 Å². The van der Waals surface area contributed by atoms with Crippen LogP contribution in [0.4, 0.5) is 5.69 Å². The third-order valence-corrected chi connectivity index (χ3v) is 9.08. The Labute approximate surface area is 118 Å². The van der Waals surface area contributed by atoms with E-state index < -0.39 is 14.9 Å². The van der Waals surface area contributed by atoms with Gasteiger partial charge in [0, 0.05) is 0 Å². The molecule has 100 valence electrons. The SMILES string of the molecule is CC1=NN(c2ccccc2)[As]2C(C(C)(C)C)=NOC12. The van der Waals surface area contributed by atoms with Crippen LogP contribution in [0.3, 0.4) is 0 Å². The van der Waals surface area contributed by atoms with Gasteiger partial charge in [-0.1, -0.05) is 0 Å². The quantitative estimate of drug-likeness (QED) is 0.747. The summed E-state index contributed by atoms with van der Waals surface area (Å²) < 4.78 is 3.39. The van der Waals surface area contributed by atoms with Gasteiger partial charge >= 0.3 is 118 Å². The van der Waals surface area contributed by atoms with Crippen LogP contribution in [0.15, 0.2) is 40.6 Å². The molecule has 1 aromatic carbocycles. The van der Waals surface area contributed by atoms with Gasteiger partial charge in [0.2, 0.25) is 0 Å². The molecule has 0 amide bonds. The number of hydrazone groups is 1. The number of hydrogen-bond donors (Lipinski definition) is 0.